The first-order valence-corrected chi connectivity index (χ1v) is 8.48. The van der Waals surface area contributed by atoms with E-state index in [1.165, 1.54) is 17.4 Å². The number of furan rings is 1. The van der Waals surface area contributed by atoms with Crippen LogP contribution in [0.3, 0.4) is 0 Å². The summed E-state index contributed by atoms with van der Waals surface area (Å²) in [4.78, 5) is 17.5. The lowest BCUT2D eigenvalue weighted by Gasteiger charge is -2.05. The van der Waals surface area contributed by atoms with Gasteiger partial charge in [0.1, 0.15) is 23.9 Å². The maximum atomic E-state index is 12.0. The predicted octanol–water partition coefficient (Wildman–Crippen LogP) is 3.41. The van der Waals surface area contributed by atoms with E-state index >= 15 is 0 Å². The lowest BCUT2D eigenvalue weighted by molar-refractivity contribution is 0.0475. The zero-order valence-corrected chi connectivity index (χ0v) is 14.7. The topological polar surface area (TPSA) is 96.3 Å². The van der Waals surface area contributed by atoms with Crippen LogP contribution in [0.4, 0.5) is 0 Å². The number of carbonyl (C=O) groups excluding carboxylic acids is 1. The van der Waals surface area contributed by atoms with Crippen LogP contribution in [-0.2, 0) is 11.4 Å². The molecule has 0 radical (unpaired) electrons. The number of thiophene rings is 1. The Morgan fingerprint density at radius 2 is 2.04 bits per heavy atom. The first-order chi connectivity index (χ1) is 12.7. The number of hydrogen-bond donors (Lipinski definition) is 1. The van der Waals surface area contributed by atoms with Crippen LogP contribution in [0, 0.1) is 0 Å². The van der Waals surface area contributed by atoms with E-state index in [1.54, 1.807) is 31.4 Å². The molecule has 0 saturated carbocycles. The van der Waals surface area contributed by atoms with Gasteiger partial charge in [-0.3, -0.25) is 0 Å². The molecule has 0 atom stereocenters. The van der Waals surface area contributed by atoms with Crippen molar-refractivity contribution in [3.63, 3.8) is 0 Å². The summed E-state index contributed by atoms with van der Waals surface area (Å²) in [6, 6.07) is 13.9. The molecule has 8 heteroatoms. The number of ether oxygens (including phenoxy) is 2. The van der Waals surface area contributed by atoms with Crippen LogP contribution < -0.4 is 15.2 Å². The maximum absolute atomic E-state index is 12.0. The molecular formula is C18H16N2O5S. The fraction of sp³-hybridized carbons (Fsp3) is 0.111. The number of benzene rings is 1. The van der Waals surface area contributed by atoms with E-state index in [2.05, 4.69) is 5.16 Å². The van der Waals surface area contributed by atoms with Crippen LogP contribution in [0.2, 0.25) is 0 Å². The summed E-state index contributed by atoms with van der Waals surface area (Å²) in [6.07, 6.45) is 0. The second kappa shape index (κ2) is 8.21. The molecule has 0 bridgehead atoms. The number of oxime groups is 1. The van der Waals surface area contributed by atoms with Crippen molar-refractivity contribution in [1.29, 1.82) is 0 Å². The zero-order valence-electron chi connectivity index (χ0n) is 13.9. The van der Waals surface area contributed by atoms with E-state index in [0.29, 0.717) is 22.1 Å². The minimum absolute atomic E-state index is 0.0111. The molecule has 0 aliphatic rings. The molecule has 3 aromatic rings. The quantitative estimate of drug-likeness (QED) is 0.295. The number of carbonyl (C=O) groups is 1. The van der Waals surface area contributed by atoms with Gasteiger partial charge in [-0.25, -0.2) is 4.79 Å². The molecule has 2 aromatic heterocycles. The first kappa shape index (κ1) is 17.6. The molecule has 7 nitrogen and oxygen atoms in total. The highest BCUT2D eigenvalue weighted by Gasteiger charge is 2.14. The Morgan fingerprint density at radius 1 is 1.19 bits per heavy atom. The summed E-state index contributed by atoms with van der Waals surface area (Å²) in [5.41, 5.74) is 5.73. The van der Waals surface area contributed by atoms with Crippen molar-refractivity contribution in [3.05, 3.63) is 70.3 Å². The molecule has 0 fully saturated rings. The third-order valence-electron chi connectivity index (χ3n) is 3.29. The largest absolute Gasteiger partial charge is 0.497 e. The number of rotatable bonds is 7. The number of hydrogen-bond acceptors (Lipinski definition) is 7. The van der Waals surface area contributed by atoms with Crippen LogP contribution in [0.1, 0.15) is 21.2 Å². The van der Waals surface area contributed by atoms with Crippen LogP contribution in [0.15, 0.2) is 63.5 Å². The molecule has 0 spiro atoms. The van der Waals surface area contributed by atoms with Gasteiger partial charge in [-0.15, -0.1) is 11.3 Å². The maximum Gasteiger partial charge on any atom is 0.400 e. The van der Waals surface area contributed by atoms with Crippen LogP contribution in [0.25, 0.3) is 0 Å². The van der Waals surface area contributed by atoms with Crippen molar-refractivity contribution in [2.75, 3.05) is 7.11 Å². The molecular weight excluding hydrogens is 356 g/mol. The molecule has 0 saturated heterocycles. The summed E-state index contributed by atoms with van der Waals surface area (Å²) in [7, 11) is 1.58. The fourth-order valence-corrected chi connectivity index (χ4v) is 2.63. The molecule has 3 rings (SSSR count). The number of nitrogens with zero attached hydrogens (tertiary/aromatic N) is 1. The van der Waals surface area contributed by atoms with Crippen molar-refractivity contribution in [2.24, 2.45) is 10.9 Å². The fourth-order valence-electron chi connectivity index (χ4n) is 2.02. The van der Waals surface area contributed by atoms with Gasteiger partial charge in [0.2, 0.25) is 5.76 Å². The molecule has 134 valence electrons. The Labute approximate surface area is 153 Å². The van der Waals surface area contributed by atoms with E-state index in [-0.39, 0.29) is 18.2 Å². The van der Waals surface area contributed by atoms with E-state index in [9.17, 15) is 4.79 Å². The molecule has 1 aromatic carbocycles. The highest BCUT2D eigenvalue weighted by molar-refractivity contribution is 7.12. The average molecular weight is 372 g/mol. The van der Waals surface area contributed by atoms with Gasteiger partial charge in [-0.2, -0.15) is 0 Å². The van der Waals surface area contributed by atoms with Gasteiger partial charge in [0.15, 0.2) is 5.84 Å². The highest BCUT2D eigenvalue weighted by atomic mass is 32.1. The van der Waals surface area contributed by atoms with Crippen LogP contribution >= 0.6 is 11.3 Å². The first-order valence-electron chi connectivity index (χ1n) is 7.60. The minimum Gasteiger partial charge on any atom is -0.497 e. The van der Waals surface area contributed by atoms with Crippen molar-refractivity contribution in [1.82, 2.24) is 0 Å². The van der Waals surface area contributed by atoms with Crippen molar-refractivity contribution in [2.45, 2.75) is 6.61 Å². The monoisotopic (exact) mass is 372 g/mol. The van der Waals surface area contributed by atoms with Gasteiger partial charge in [0.25, 0.3) is 0 Å². The molecule has 0 aliphatic carbocycles. The lowest BCUT2D eigenvalue weighted by Crippen LogP contribution is -2.13. The minimum atomic E-state index is -0.739. The number of nitrogens with two attached hydrogens (primary N) is 1. The smallest absolute Gasteiger partial charge is 0.400 e. The van der Waals surface area contributed by atoms with E-state index in [1.807, 2.05) is 23.6 Å². The van der Waals surface area contributed by atoms with Crippen molar-refractivity contribution < 1.29 is 23.5 Å². The van der Waals surface area contributed by atoms with Gasteiger partial charge in [-0.05, 0) is 35.7 Å². The van der Waals surface area contributed by atoms with E-state index in [0.717, 1.165) is 0 Å². The average Bonchev–Trinajstić information content (AvgIpc) is 3.36. The van der Waals surface area contributed by atoms with Crippen LogP contribution in [0.5, 0.6) is 11.5 Å². The second-order valence-electron chi connectivity index (χ2n) is 5.07. The summed E-state index contributed by atoms with van der Waals surface area (Å²) >= 11 is 1.39. The third-order valence-corrected chi connectivity index (χ3v) is 4.18. The Balaban J connectivity index is 1.56. The summed E-state index contributed by atoms with van der Waals surface area (Å²) in [5, 5.41) is 5.46. The normalized spacial score (nSPS) is 11.2. The molecule has 0 aliphatic heterocycles. The SMILES string of the molecule is COc1cccc(OCc2ccc(C(=O)O/N=C(\N)c3cccs3)o2)c1. The van der Waals surface area contributed by atoms with Gasteiger partial charge in [0, 0.05) is 6.07 Å². The Morgan fingerprint density at radius 3 is 2.81 bits per heavy atom. The molecule has 0 amide bonds. The summed E-state index contributed by atoms with van der Waals surface area (Å²) in [6.45, 7) is 0.154. The standard InChI is InChI=1S/C18H16N2O5S/c1-22-12-4-2-5-13(10-12)23-11-14-7-8-15(24-14)18(21)25-20-17(19)16-6-3-9-26-16/h2-10H,11H2,1H3,(H2,19,20). The van der Waals surface area contributed by atoms with Crippen LogP contribution in [-0.4, -0.2) is 18.9 Å². The zero-order chi connectivity index (χ0) is 18.4. The second-order valence-corrected chi connectivity index (χ2v) is 6.01. The number of amidine groups is 1. The molecule has 2 heterocycles. The summed E-state index contributed by atoms with van der Waals surface area (Å²) < 4.78 is 16.1. The third kappa shape index (κ3) is 4.42. The van der Waals surface area contributed by atoms with Gasteiger partial charge < -0.3 is 24.5 Å². The molecule has 2 N–H and O–H groups in total. The van der Waals surface area contributed by atoms with Gasteiger partial charge in [0.05, 0.1) is 12.0 Å². The van der Waals surface area contributed by atoms with E-state index in [4.69, 9.17) is 24.5 Å². The lowest BCUT2D eigenvalue weighted by atomic mass is 10.3. The Kier molecular flexibility index (Phi) is 5.55. The highest BCUT2D eigenvalue weighted by Crippen LogP contribution is 2.20. The van der Waals surface area contributed by atoms with E-state index < -0.39 is 5.97 Å². The van der Waals surface area contributed by atoms with Gasteiger partial charge in [-0.1, -0.05) is 17.3 Å². The molecule has 26 heavy (non-hydrogen) atoms. The predicted molar refractivity (Wildman–Crippen MR) is 96.5 cm³/mol. The van der Waals surface area contributed by atoms with Crippen molar-refractivity contribution in [3.8, 4) is 11.5 Å². The van der Waals surface area contributed by atoms with Gasteiger partial charge >= 0.3 is 5.97 Å². The Hall–Kier alpha value is -3.26. The Bertz CT molecular complexity index is 902. The molecule has 0 unspecified atom stereocenters. The number of methoxy groups -OCH3 is 1. The summed E-state index contributed by atoms with van der Waals surface area (Å²) in [5.74, 6) is 1.18. The van der Waals surface area contributed by atoms with Crippen molar-refractivity contribution >= 4 is 23.1 Å².